The topological polar surface area (TPSA) is 87.1 Å². The number of amides is 2. The van der Waals surface area contributed by atoms with Crippen molar-refractivity contribution in [2.45, 2.75) is 53.0 Å². The number of nitrogens with zero attached hydrogens (tertiary/aromatic N) is 2. The molecule has 3 fully saturated rings. The Morgan fingerprint density at radius 1 is 1.15 bits per heavy atom. The SMILES string of the molecule is C=CCCCOC(=O)[C@H]1[C@H]2C(=O)N(CCCCO)C(C(=O)N(CC=C)c3ccc4ccccc4c3)C23CC(Br)[C@@H]1S3. The highest BCUT2D eigenvalue weighted by Gasteiger charge is 2.76. The number of aliphatic hydroxyl groups is 1. The van der Waals surface area contributed by atoms with Gasteiger partial charge in [0.05, 0.1) is 23.2 Å². The van der Waals surface area contributed by atoms with Crippen LogP contribution >= 0.6 is 27.7 Å². The number of carbonyl (C=O) groups is 3. The molecule has 0 aliphatic carbocycles. The summed E-state index contributed by atoms with van der Waals surface area (Å²) in [6.45, 7) is 8.54. The quantitative estimate of drug-likeness (QED) is 0.142. The molecule has 2 bridgehead atoms. The van der Waals surface area contributed by atoms with Crippen LogP contribution in [-0.4, -0.2) is 75.0 Å². The highest BCUT2D eigenvalue weighted by molar-refractivity contribution is 9.09. The molecule has 1 N–H and O–H groups in total. The van der Waals surface area contributed by atoms with Gasteiger partial charge in [-0.3, -0.25) is 14.4 Å². The van der Waals surface area contributed by atoms with Gasteiger partial charge in [0.1, 0.15) is 6.04 Å². The third-order valence-corrected chi connectivity index (χ3v) is 11.7. The smallest absolute Gasteiger partial charge is 0.310 e. The maximum atomic E-state index is 14.7. The van der Waals surface area contributed by atoms with Crippen molar-refractivity contribution in [2.75, 3.05) is 31.2 Å². The van der Waals surface area contributed by atoms with E-state index in [1.165, 1.54) is 0 Å². The average Bonchev–Trinajstić information content (AvgIpc) is 3.57. The van der Waals surface area contributed by atoms with Crippen LogP contribution in [0.5, 0.6) is 0 Å². The molecule has 1 spiro atoms. The van der Waals surface area contributed by atoms with Gasteiger partial charge >= 0.3 is 5.97 Å². The zero-order valence-corrected chi connectivity index (χ0v) is 25.5. The van der Waals surface area contributed by atoms with Gasteiger partial charge in [0, 0.05) is 35.5 Å². The van der Waals surface area contributed by atoms with Crippen LogP contribution in [-0.2, 0) is 19.1 Å². The summed E-state index contributed by atoms with van der Waals surface area (Å²) in [7, 11) is 0. The number of anilines is 1. The van der Waals surface area contributed by atoms with Gasteiger partial charge in [-0.05, 0) is 55.0 Å². The maximum Gasteiger partial charge on any atom is 0.310 e. The van der Waals surface area contributed by atoms with E-state index in [9.17, 15) is 19.5 Å². The largest absolute Gasteiger partial charge is 0.465 e. The fraction of sp³-hybridized carbons (Fsp3) is 0.469. The Hall–Kier alpha value is -2.62. The molecule has 3 unspecified atom stereocenters. The molecule has 3 heterocycles. The van der Waals surface area contributed by atoms with E-state index in [1.54, 1.807) is 33.7 Å². The molecule has 5 rings (SSSR count). The van der Waals surface area contributed by atoms with Crippen LogP contribution in [0.25, 0.3) is 10.8 Å². The minimum Gasteiger partial charge on any atom is -0.465 e. The van der Waals surface area contributed by atoms with E-state index in [0.717, 1.165) is 22.9 Å². The zero-order valence-electron chi connectivity index (χ0n) is 23.1. The third-order valence-electron chi connectivity index (χ3n) is 8.52. The van der Waals surface area contributed by atoms with Crippen LogP contribution < -0.4 is 4.90 Å². The van der Waals surface area contributed by atoms with Crippen molar-refractivity contribution in [1.29, 1.82) is 0 Å². The number of halogens is 1. The van der Waals surface area contributed by atoms with Gasteiger partial charge in [0.15, 0.2) is 0 Å². The third kappa shape index (κ3) is 5.37. The molecular weight excluding hydrogens is 604 g/mol. The van der Waals surface area contributed by atoms with E-state index >= 15 is 0 Å². The van der Waals surface area contributed by atoms with Crippen molar-refractivity contribution in [3.63, 3.8) is 0 Å². The van der Waals surface area contributed by atoms with E-state index in [1.807, 2.05) is 42.5 Å². The molecule has 9 heteroatoms. The molecule has 41 heavy (non-hydrogen) atoms. The van der Waals surface area contributed by atoms with Crippen LogP contribution in [0.3, 0.4) is 0 Å². The van der Waals surface area contributed by atoms with Gasteiger partial charge in [0.25, 0.3) is 5.91 Å². The second kappa shape index (κ2) is 12.7. The molecule has 3 aliphatic rings. The number of benzene rings is 2. The number of aliphatic hydroxyl groups excluding tert-OH is 1. The summed E-state index contributed by atoms with van der Waals surface area (Å²) >= 11 is 5.41. The Kier molecular flexibility index (Phi) is 9.26. The molecule has 0 radical (unpaired) electrons. The number of thioether (sulfide) groups is 1. The lowest BCUT2D eigenvalue weighted by atomic mass is 9.71. The predicted octanol–water partition coefficient (Wildman–Crippen LogP) is 5.11. The summed E-state index contributed by atoms with van der Waals surface area (Å²) in [5.41, 5.74) is 0.738. The Morgan fingerprint density at radius 3 is 2.66 bits per heavy atom. The lowest BCUT2D eigenvalue weighted by molar-refractivity contribution is -0.154. The van der Waals surface area contributed by atoms with Crippen molar-refractivity contribution in [3.8, 4) is 0 Å². The van der Waals surface area contributed by atoms with Gasteiger partial charge in [-0.1, -0.05) is 58.4 Å². The Labute approximate surface area is 254 Å². The van der Waals surface area contributed by atoms with E-state index < -0.39 is 22.6 Å². The summed E-state index contributed by atoms with van der Waals surface area (Å²) < 4.78 is 4.92. The first-order valence-electron chi connectivity index (χ1n) is 14.3. The molecule has 3 aliphatic heterocycles. The van der Waals surface area contributed by atoms with Crippen molar-refractivity contribution in [2.24, 2.45) is 11.8 Å². The van der Waals surface area contributed by atoms with Crippen molar-refractivity contribution in [3.05, 3.63) is 67.8 Å². The first-order chi connectivity index (χ1) is 19.9. The summed E-state index contributed by atoms with van der Waals surface area (Å²) in [6, 6.07) is 13.2. The standard InChI is InChI=1S/C32H37BrN2O5S/c1-3-5-10-18-40-31(39)25-26-29(37)35(16-8-9-17-36)28(32(26)20-24(33)27(25)41-32)30(38)34(15-4-2)23-14-13-21-11-6-7-12-22(21)19-23/h3-4,6-7,11-14,19,24-28,36H,1-2,5,8-10,15-18,20H2/t24?,25-,26-,27-,28?,32?/m0/s1. The van der Waals surface area contributed by atoms with E-state index in [4.69, 9.17) is 4.74 Å². The van der Waals surface area contributed by atoms with E-state index in [0.29, 0.717) is 32.2 Å². The van der Waals surface area contributed by atoms with Crippen LogP contribution in [0.2, 0.25) is 0 Å². The number of hydrogen-bond donors (Lipinski definition) is 1. The van der Waals surface area contributed by atoms with Gasteiger partial charge in [0.2, 0.25) is 5.91 Å². The average molecular weight is 642 g/mol. The molecule has 2 aromatic carbocycles. The predicted molar refractivity (Wildman–Crippen MR) is 167 cm³/mol. The Bertz CT molecular complexity index is 1340. The molecule has 2 amide bonds. The molecule has 218 valence electrons. The Balaban J connectivity index is 1.52. The van der Waals surface area contributed by atoms with Crippen LogP contribution in [0.15, 0.2) is 67.8 Å². The number of ether oxygens (including phenoxy) is 1. The lowest BCUT2D eigenvalue weighted by Gasteiger charge is -2.38. The molecule has 3 saturated heterocycles. The number of alkyl halides is 1. The zero-order chi connectivity index (χ0) is 29.1. The second-order valence-electron chi connectivity index (χ2n) is 11.0. The molecule has 0 saturated carbocycles. The molecular formula is C32H37BrN2O5S. The maximum absolute atomic E-state index is 14.7. The monoisotopic (exact) mass is 640 g/mol. The highest BCUT2D eigenvalue weighted by Crippen LogP contribution is 2.68. The molecule has 7 nitrogen and oxygen atoms in total. The Morgan fingerprint density at radius 2 is 1.93 bits per heavy atom. The number of hydrogen-bond acceptors (Lipinski definition) is 6. The highest BCUT2D eigenvalue weighted by atomic mass is 79.9. The van der Waals surface area contributed by atoms with Crippen LogP contribution in [0, 0.1) is 11.8 Å². The second-order valence-corrected chi connectivity index (χ2v) is 13.7. The number of esters is 1. The van der Waals surface area contributed by atoms with Gasteiger partial charge < -0.3 is 19.6 Å². The minimum absolute atomic E-state index is 0.00878. The van der Waals surface area contributed by atoms with Crippen molar-refractivity contribution < 1.29 is 24.2 Å². The summed E-state index contributed by atoms with van der Waals surface area (Å²) in [6.07, 6.45) is 6.60. The first-order valence-corrected chi connectivity index (χ1v) is 16.1. The first kappa shape index (κ1) is 29.9. The fourth-order valence-electron chi connectivity index (χ4n) is 6.75. The summed E-state index contributed by atoms with van der Waals surface area (Å²) in [4.78, 5) is 45.7. The molecule has 6 atom stereocenters. The van der Waals surface area contributed by atoms with Gasteiger partial charge in [-0.15, -0.1) is 24.9 Å². The van der Waals surface area contributed by atoms with Crippen molar-refractivity contribution in [1.82, 2.24) is 4.90 Å². The summed E-state index contributed by atoms with van der Waals surface area (Å²) in [5, 5.41) is 11.4. The van der Waals surface area contributed by atoms with Crippen molar-refractivity contribution >= 4 is 61.9 Å². The number of likely N-dealkylation sites (tertiary alicyclic amines) is 1. The number of unbranched alkanes of at least 4 members (excludes halogenated alkanes) is 2. The minimum atomic E-state index is -0.757. The number of carbonyl (C=O) groups excluding carboxylic acids is 3. The number of fused-ring (bicyclic) bond motifs is 2. The normalized spacial score (nSPS) is 28.1. The van der Waals surface area contributed by atoms with E-state index in [-0.39, 0.29) is 47.6 Å². The van der Waals surface area contributed by atoms with Crippen LogP contribution in [0.4, 0.5) is 5.69 Å². The van der Waals surface area contributed by atoms with Crippen LogP contribution in [0.1, 0.15) is 32.1 Å². The van der Waals surface area contributed by atoms with E-state index in [2.05, 4.69) is 29.1 Å². The fourth-order valence-corrected chi connectivity index (χ4v) is 10.3. The number of rotatable bonds is 13. The lowest BCUT2D eigenvalue weighted by Crippen LogP contribution is -2.55. The van der Waals surface area contributed by atoms with Gasteiger partial charge in [-0.2, -0.15) is 0 Å². The summed E-state index contributed by atoms with van der Waals surface area (Å²) in [5.74, 6) is -1.96. The number of allylic oxidation sites excluding steroid dienone is 1. The molecule has 2 aromatic rings. The molecule has 0 aromatic heterocycles. The van der Waals surface area contributed by atoms with Gasteiger partial charge in [-0.25, -0.2) is 0 Å².